The number of benzene rings is 1. The lowest BCUT2D eigenvalue weighted by atomic mass is 10.1. The highest BCUT2D eigenvalue weighted by molar-refractivity contribution is 7.99. The van der Waals surface area contributed by atoms with Gasteiger partial charge in [-0.25, -0.2) is 4.98 Å². The Morgan fingerprint density at radius 1 is 1.36 bits per heavy atom. The van der Waals surface area contributed by atoms with Crippen LogP contribution < -0.4 is 5.32 Å². The molecule has 0 aliphatic rings. The third-order valence-corrected chi connectivity index (χ3v) is 4.72. The second-order valence-electron chi connectivity index (χ2n) is 7.00. The fourth-order valence-electron chi connectivity index (χ4n) is 2.75. The van der Waals surface area contributed by atoms with Crippen LogP contribution in [-0.2, 0) is 4.79 Å². The molecule has 1 amide bonds. The molecule has 1 N–H and O–H groups in total. The molecule has 5 nitrogen and oxygen atoms in total. The summed E-state index contributed by atoms with van der Waals surface area (Å²) >= 11 is 1.45. The summed E-state index contributed by atoms with van der Waals surface area (Å²) in [4.78, 5) is 16.8. The van der Waals surface area contributed by atoms with E-state index in [-0.39, 0.29) is 11.4 Å². The third kappa shape index (κ3) is 3.47. The monoisotopic (exact) mass is 352 g/mol. The van der Waals surface area contributed by atoms with Gasteiger partial charge in [-0.1, -0.05) is 23.9 Å². The van der Waals surface area contributed by atoms with E-state index in [2.05, 4.69) is 16.4 Å². The van der Waals surface area contributed by atoms with Gasteiger partial charge in [0.05, 0.1) is 27.4 Å². The van der Waals surface area contributed by atoms with E-state index < -0.39 is 0 Å². The molecule has 3 rings (SSSR count). The smallest absolute Gasteiger partial charge is 0.230 e. The molecule has 1 aromatic carbocycles. The summed E-state index contributed by atoms with van der Waals surface area (Å²) in [5.41, 5.74) is 3.60. The lowest BCUT2D eigenvalue weighted by Crippen LogP contribution is -2.41. The van der Waals surface area contributed by atoms with E-state index in [1.807, 2.05) is 62.4 Å². The molecule has 2 aromatic heterocycles. The topological polar surface area (TPSA) is 70.2 Å². The van der Waals surface area contributed by atoms with Crippen molar-refractivity contribution in [3.05, 3.63) is 41.5 Å². The Bertz CT molecular complexity index is 1010. The van der Waals surface area contributed by atoms with E-state index in [1.165, 1.54) is 11.8 Å². The van der Waals surface area contributed by atoms with Crippen LogP contribution in [-0.4, -0.2) is 26.6 Å². The Balaban J connectivity index is 2.06. The van der Waals surface area contributed by atoms with Crippen LogP contribution in [0.2, 0.25) is 0 Å². The van der Waals surface area contributed by atoms with E-state index in [0.29, 0.717) is 17.0 Å². The van der Waals surface area contributed by atoms with Crippen LogP contribution in [0.5, 0.6) is 0 Å². The summed E-state index contributed by atoms with van der Waals surface area (Å²) in [7, 11) is 0. The summed E-state index contributed by atoms with van der Waals surface area (Å²) in [6.07, 6.45) is 0. The second-order valence-corrected chi connectivity index (χ2v) is 7.99. The summed E-state index contributed by atoms with van der Waals surface area (Å²) in [5.74, 6) is 0.293. The second kappa shape index (κ2) is 6.41. The molecule has 25 heavy (non-hydrogen) atoms. The number of hydrogen-bond donors (Lipinski definition) is 1. The molecule has 0 fully saturated rings. The number of carbonyl (C=O) groups is 1. The number of aromatic nitrogens is 2. The summed E-state index contributed by atoms with van der Waals surface area (Å²) in [6, 6.07) is 12.0. The van der Waals surface area contributed by atoms with Gasteiger partial charge in [0.25, 0.3) is 0 Å². The average Bonchev–Trinajstić information content (AvgIpc) is 2.90. The van der Waals surface area contributed by atoms with Crippen LogP contribution in [0.3, 0.4) is 0 Å². The van der Waals surface area contributed by atoms with E-state index >= 15 is 0 Å². The van der Waals surface area contributed by atoms with Crippen molar-refractivity contribution >= 4 is 34.3 Å². The number of aryl methyl sites for hydroxylation is 1. The molecule has 6 heteroatoms. The molecular formula is C19H20N4OS. The first kappa shape index (κ1) is 17.3. The molecule has 0 aliphatic carbocycles. The molecule has 0 unspecified atom stereocenters. The summed E-state index contributed by atoms with van der Waals surface area (Å²) in [5, 5.41) is 13.4. The van der Waals surface area contributed by atoms with Crippen LogP contribution in [0.1, 0.15) is 31.9 Å². The number of para-hydroxylation sites is 2. The van der Waals surface area contributed by atoms with Gasteiger partial charge in [0.1, 0.15) is 6.07 Å². The average molecular weight is 352 g/mol. The zero-order chi connectivity index (χ0) is 18.2. The highest BCUT2D eigenvalue weighted by Gasteiger charge is 2.18. The number of thioether (sulfide) groups is 1. The molecule has 0 atom stereocenters. The SMILES string of the molecule is Cc1cc(SCC(=O)NC(C)(C)C)n2c(nc3ccccc32)c1C#N. The minimum Gasteiger partial charge on any atom is -0.351 e. The largest absolute Gasteiger partial charge is 0.351 e. The number of nitrogens with one attached hydrogen (secondary N) is 1. The van der Waals surface area contributed by atoms with Crippen LogP contribution in [0, 0.1) is 18.3 Å². The van der Waals surface area contributed by atoms with Crippen molar-refractivity contribution in [3.8, 4) is 6.07 Å². The van der Waals surface area contributed by atoms with Crippen molar-refractivity contribution in [3.63, 3.8) is 0 Å². The van der Waals surface area contributed by atoms with Gasteiger partial charge >= 0.3 is 0 Å². The number of nitrogens with zero attached hydrogens (tertiary/aromatic N) is 3. The zero-order valence-corrected chi connectivity index (χ0v) is 15.6. The number of imidazole rings is 1. The third-order valence-electron chi connectivity index (χ3n) is 3.72. The standard InChI is InChI=1S/C19H20N4OS/c1-12-9-17(25-11-16(24)22-19(2,3)4)23-15-8-6-5-7-14(15)21-18(23)13(12)10-20/h5-9H,11H2,1-4H3,(H,22,24). The molecule has 0 bridgehead atoms. The predicted octanol–water partition coefficient (Wildman–Crippen LogP) is 3.67. The quantitative estimate of drug-likeness (QED) is 0.730. The van der Waals surface area contributed by atoms with Crippen LogP contribution in [0.15, 0.2) is 35.4 Å². The van der Waals surface area contributed by atoms with E-state index in [0.717, 1.165) is 21.6 Å². The van der Waals surface area contributed by atoms with Gasteiger partial charge in [0.2, 0.25) is 5.91 Å². The van der Waals surface area contributed by atoms with Crippen molar-refractivity contribution in [1.29, 1.82) is 5.26 Å². The maximum absolute atomic E-state index is 12.2. The normalized spacial score (nSPS) is 11.6. The first-order valence-electron chi connectivity index (χ1n) is 8.05. The van der Waals surface area contributed by atoms with Crippen LogP contribution in [0.25, 0.3) is 16.7 Å². The van der Waals surface area contributed by atoms with Crippen molar-refractivity contribution in [2.75, 3.05) is 5.75 Å². The van der Waals surface area contributed by atoms with Crippen molar-refractivity contribution in [2.45, 2.75) is 38.3 Å². The number of hydrogen-bond acceptors (Lipinski definition) is 4. The van der Waals surface area contributed by atoms with E-state index in [4.69, 9.17) is 0 Å². The highest BCUT2D eigenvalue weighted by Crippen LogP contribution is 2.29. The lowest BCUT2D eigenvalue weighted by molar-refractivity contribution is -0.119. The molecule has 0 saturated carbocycles. The molecule has 0 saturated heterocycles. The molecule has 3 aromatic rings. The van der Waals surface area contributed by atoms with Gasteiger partial charge in [-0.05, 0) is 51.5 Å². The Morgan fingerprint density at radius 2 is 2.08 bits per heavy atom. The Kier molecular flexibility index (Phi) is 4.44. The van der Waals surface area contributed by atoms with Crippen LogP contribution in [0.4, 0.5) is 0 Å². The summed E-state index contributed by atoms with van der Waals surface area (Å²) in [6.45, 7) is 7.78. The van der Waals surface area contributed by atoms with Crippen molar-refractivity contribution < 1.29 is 4.79 Å². The van der Waals surface area contributed by atoms with E-state index in [9.17, 15) is 10.1 Å². The maximum atomic E-state index is 12.2. The minimum atomic E-state index is -0.255. The van der Waals surface area contributed by atoms with Crippen molar-refractivity contribution in [2.24, 2.45) is 0 Å². The number of pyridine rings is 1. The van der Waals surface area contributed by atoms with Crippen molar-refractivity contribution in [1.82, 2.24) is 14.7 Å². The van der Waals surface area contributed by atoms with Gasteiger partial charge in [0, 0.05) is 5.54 Å². The molecular weight excluding hydrogens is 332 g/mol. The number of fused-ring (bicyclic) bond motifs is 3. The fraction of sp³-hybridized carbons (Fsp3) is 0.316. The van der Waals surface area contributed by atoms with Gasteiger partial charge in [-0.2, -0.15) is 5.26 Å². The number of carbonyl (C=O) groups excluding carboxylic acids is 1. The van der Waals surface area contributed by atoms with Gasteiger partial charge < -0.3 is 5.32 Å². The lowest BCUT2D eigenvalue weighted by Gasteiger charge is -2.20. The Labute approximate surface area is 151 Å². The minimum absolute atomic E-state index is 0.0166. The molecule has 2 heterocycles. The van der Waals surface area contributed by atoms with Gasteiger partial charge in [-0.3, -0.25) is 9.20 Å². The summed E-state index contributed by atoms with van der Waals surface area (Å²) < 4.78 is 1.97. The van der Waals surface area contributed by atoms with Gasteiger partial charge in [0.15, 0.2) is 5.65 Å². The Hall–Kier alpha value is -2.52. The van der Waals surface area contributed by atoms with Crippen LogP contribution >= 0.6 is 11.8 Å². The fourth-order valence-corrected chi connectivity index (χ4v) is 3.68. The molecule has 0 radical (unpaired) electrons. The number of rotatable bonds is 3. The molecule has 128 valence electrons. The first-order chi connectivity index (χ1) is 11.8. The van der Waals surface area contributed by atoms with E-state index in [1.54, 1.807) is 0 Å². The number of nitriles is 1. The predicted molar refractivity (Wildman–Crippen MR) is 101 cm³/mol. The molecule has 0 spiro atoms. The van der Waals surface area contributed by atoms with Gasteiger partial charge in [-0.15, -0.1) is 0 Å². The number of amides is 1. The maximum Gasteiger partial charge on any atom is 0.230 e. The Morgan fingerprint density at radius 3 is 2.76 bits per heavy atom. The first-order valence-corrected chi connectivity index (χ1v) is 9.03. The highest BCUT2D eigenvalue weighted by atomic mass is 32.2. The zero-order valence-electron chi connectivity index (χ0n) is 14.8. The molecule has 0 aliphatic heterocycles.